The van der Waals surface area contributed by atoms with Crippen LogP contribution in [0, 0.1) is 5.82 Å². The summed E-state index contributed by atoms with van der Waals surface area (Å²) < 4.78 is 13.1. The molecule has 1 heterocycles. The first-order valence-corrected chi connectivity index (χ1v) is 10.3. The molecule has 4 rings (SSSR count). The Balaban J connectivity index is 1.33. The predicted octanol–water partition coefficient (Wildman–Crippen LogP) is 2.38. The van der Waals surface area contributed by atoms with E-state index in [1.54, 1.807) is 0 Å². The minimum absolute atomic E-state index is 0.211. The van der Waals surface area contributed by atoms with Crippen molar-refractivity contribution in [2.75, 3.05) is 37.6 Å². The van der Waals surface area contributed by atoms with Crippen molar-refractivity contribution in [2.24, 2.45) is 0 Å². The SMILES string of the molecule is O=C(C[NH+](Cc1ccc(F)cc1)C1CC1)N1CCN(c2ccccc2Cl)CC1. The molecule has 1 saturated carbocycles. The highest BCUT2D eigenvalue weighted by atomic mass is 35.5. The molecule has 1 amide bonds. The monoisotopic (exact) mass is 402 g/mol. The first-order chi connectivity index (χ1) is 13.6. The molecule has 1 saturated heterocycles. The number of quaternary nitrogens is 1. The highest BCUT2D eigenvalue weighted by molar-refractivity contribution is 6.33. The number of rotatable bonds is 6. The molecule has 0 aromatic heterocycles. The molecule has 2 aromatic rings. The summed E-state index contributed by atoms with van der Waals surface area (Å²) in [6.07, 6.45) is 2.34. The molecule has 0 radical (unpaired) electrons. The molecule has 6 heteroatoms. The topological polar surface area (TPSA) is 28.0 Å². The van der Waals surface area contributed by atoms with Crippen molar-refractivity contribution in [3.05, 3.63) is 64.9 Å². The van der Waals surface area contributed by atoms with Crippen molar-refractivity contribution in [3.63, 3.8) is 0 Å². The maximum atomic E-state index is 13.1. The quantitative estimate of drug-likeness (QED) is 0.803. The summed E-state index contributed by atoms with van der Waals surface area (Å²) >= 11 is 6.30. The fourth-order valence-electron chi connectivity index (χ4n) is 3.92. The Morgan fingerprint density at radius 3 is 2.36 bits per heavy atom. The van der Waals surface area contributed by atoms with Gasteiger partial charge in [0, 0.05) is 44.6 Å². The normalized spacial score (nSPS) is 18.2. The van der Waals surface area contributed by atoms with E-state index in [-0.39, 0.29) is 11.7 Å². The van der Waals surface area contributed by atoms with E-state index >= 15 is 0 Å². The molecule has 2 fully saturated rings. The number of para-hydroxylation sites is 1. The fourth-order valence-corrected chi connectivity index (χ4v) is 4.17. The summed E-state index contributed by atoms with van der Waals surface area (Å²) in [7, 11) is 0. The van der Waals surface area contributed by atoms with Crippen molar-refractivity contribution in [1.82, 2.24) is 4.90 Å². The molecule has 1 aliphatic heterocycles. The molecule has 1 N–H and O–H groups in total. The number of hydrogen-bond donors (Lipinski definition) is 1. The summed E-state index contributed by atoms with van der Waals surface area (Å²) in [6, 6.07) is 15.0. The van der Waals surface area contributed by atoms with Crippen molar-refractivity contribution in [3.8, 4) is 0 Å². The van der Waals surface area contributed by atoms with Gasteiger partial charge in [-0.05, 0) is 24.3 Å². The number of carbonyl (C=O) groups excluding carboxylic acids is 1. The van der Waals surface area contributed by atoms with E-state index in [9.17, 15) is 9.18 Å². The number of nitrogens with zero attached hydrogens (tertiary/aromatic N) is 2. The molecule has 2 aliphatic rings. The maximum absolute atomic E-state index is 13.1. The molecule has 4 nitrogen and oxygen atoms in total. The van der Waals surface area contributed by atoms with E-state index in [4.69, 9.17) is 11.6 Å². The third-order valence-corrected chi connectivity index (χ3v) is 6.02. The van der Waals surface area contributed by atoms with E-state index in [2.05, 4.69) is 4.90 Å². The van der Waals surface area contributed by atoms with Gasteiger partial charge in [0.15, 0.2) is 6.54 Å². The van der Waals surface area contributed by atoms with E-state index in [1.165, 1.54) is 29.9 Å². The summed E-state index contributed by atoms with van der Waals surface area (Å²) in [5.41, 5.74) is 2.12. The van der Waals surface area contributed by atoms with Crippen molar-refractivity contribution < 1.29 is 14.1 Å². The van der Waals surface area contributed by atoms with Gasteiger partial charge in [0.2, 0.25) is 0 Å². The Labute approximate surface area is 170 Å². The average Bonchev–Trinajstić information content (AvgIpc) is 3.55. The smallest absolute Gasteiger partial charge is 0.277 e. The second-order valence-corrected chi connectivity index (χ2v) is 8.14. The number of hydrogen-bond acceptors (Lipinski definition) is 2. The zero-order valence-corrected chi connectivity index (χ0v) is 16.7. The third-order valence-electron chi connectivity index (χ3n) is 5.70. The number of piperazine rings is 1. The second kappa shape index (κ2) is 8.50. The average molecular weight is 403 g/mol. The maximum Gasteiger partial charge on any atom is 0.277 e. The van der Waals surface area contributed by atoms with Gasteiger partial charge in [-0.2, -0.15) is 0 Å². The van der Waals surface area contributed by atoms with Crippen LogP contribution in [-0.4, -0.2) is 49.6 Å². The lowest BCUT2D eigenvalue weighted by molar-refractivity contribution is -0.917. The van der Waals surface area contributed by atoms with Crippen LogP contribution in [0.3, 0.4) is 0 Å². The Hall–Kier alpha value is -2.11. The Kier molecular flexibility index (Phi) is 5.83. The third kappa shape index (κ3) is 4.65. The van der Waals surface area contributed by atoms with Crippen LogP contribution in [-0.2, 0) is 11.3 Å². The lowest BCUT2D eigenvalue weighted by Crippen LogP contribution is -3.13. The van der Waals surface area contributed by atoms with Gasteiger partial charge >= 0.3 is 0 Å². The van der Waals surface area contributed by atoms with Crippen LogP contribution >= 0.6 is 11.6 Å². The number of amides is 1. The van der Waals surface area contributed by atoms with Gasteiger partial charge in [-0.1, -0.05) is 35.9 Å². The Morgan fingerprint density at radius 1 is 1.04 bits per heavy atom. The van der Waals surface area contributed by atoms with Gasteiger partial charge in [-0.3, -0.25) is 4.79 Å². The van der Waals surface area contributed by atoms with Gasteiger partial charge in [-0.15, -0.1) is 0 Å². The number of anilines is 1. The van der Waals surface area contributed by atoms with Gasteiger partial charge in [0.25, 0.3) is 5.91 Å². The summed E-state index contributed by atoms with van der Waals surface area (Å²) in [4.78, 5) is 18.4. The van der Waals surface area contributed by atoms with Crippen molar-refractivity contribution >= 4 is 23.2 Å². The molecular weight excluding hydrogens is 377 g/mol. The molecule has 2 aromatic carbocycles. The highest BCUT2D eigenvalue weighted by Crippen LogP contribution is 2.26. The highest BCUT2D eigenvalue weighted by Gasteiger charge is 2.36. The predicted molar refractivity (Wildman–Crippen MR) is 109 cm³/mol. The molecular formula is C22H26ClFN3O+. The fraction of sp³-hybridized carbons (Fsp3) is 0.409. The first kappa shape index (κ1) is 19.2. The van der Waals surface area contributed by atoms with Crippen LogP contribution in [0.1, 0.15) is 18.4 Å². The standard InChI is InChI=1S/C22H25ClFN3O/c23-20-3-1-2-4-21(20)25-11-13-26(14-12-25)22(28)16-27(19-9-10-19)15-17-5-7-18(24)8-6-17/h1-8,19H,9-16H2/p+1. The number of carbonyl (C=O) groups is 1. The molecule has 1 unspecified atom stereocenters. The first-order valence-electron chi connectivity index (χ1n) is 9.96. The second-order valence-electron chi connectivity index (χ2n) is 7.73. The minimum atomic E-state index is -0.218. The Morgan fingerprint density at radius 2 is 1.71 bits per heavy atom. The molecule has 1 atom stereocenters. The van der Waals surface area contributed by atoms with E-state index < -0.39 is 0 Å². The van der Waals surface area contributed by atoms with Gasteiger partial charge in [0.05, 0.1) is 16.8 Å². The molecule has 1 aliphatic carbocycles. The van der Waals surface area contributed by atoms with Crippen LogP contribution < -0.4 is 9.80 Å². The van der Waals surface area contributed by atoms with Crippen molar-refractivity contribution in [1.29, 1.82) is 0 Å². The van der Waals surface area contributed by atoms with Gasteiger partial charge in [-0.25, -0.2) is 4.39 Å². The van der Waals surface area contributed by atoms with Crippen LogP contribution in [0.25, 0.3) is 0 Å². The van der Waals surface area contributed by atoms with E-state index in [1.807, 2.05) is 41.3 Å². The number of halogens is 2. The van der Waals surface area contributed by atoms with Crippen LogP contribution in [0.5, 0.6) is 0 Å². The van der Waals surface area contributed by atoms with Crippen LogP contribution in [0.2, 0.25) is 5.02 Å². The lowest BCUT2D eigenvalue weighted by atomic mass is 10.2. The van der Waals surface area contributed by atoms with Crippen LogP contribution in [0.15, 0.2) is 48.5 Å². The summed E-state index contributed by atoms with van der Waals surface area (Å²) in [5.74, 6) is -0.00740. The lowest BCUT2D eigenvalue weighted by Gasteiger charge is -2.36. The summed E-state index contributed by atoms with van der Waals surface area (Å²) in [6.45, 7) is 4.32. The molecule has 0 bridgehead atoms. The summed E-state index contributed by atoms with van der Waals surface area (Å²) in [5, 5.41) is 0.755. The van der Waals surface area contributed by atoms with E-state index in [0.29, 0.717) is 12.6 Å². The largest absolute Gasteiger partial charge is 0.367 e. The minimum Gasteiger partial charge on any atom is -0.367 e. The molecule has 28 heavy (non-hydrogen) atoms. The molecule has 0 spiro atoms. The van der Waals surface area contributed by atoms with Gasteiger partial charge in [0.1, 0.15) is 12.4 Å². The number of nitrogens with one attached hydrogen (secondary N) is 1. The zero-order chi connectivity index (χ0) is 19.5. The van der Waals surface area contributed by atoms with Crippen molar-refractivity contribution in [2.45, 2.75) is 25.4 Å². The zero-order valence-electron chi connectivity index (χ0n) is 15.9. The Bertz CT molecular complexity index is 817. The van der Waals surface area contributed by atoms with Gasteiger partial charge < -0.3 is 14.7 Å². The van der Waals surface area contributed by atoms with E-state index in [0.717, 1.165) is 49.0 Å². The van der Waals surface area contributed by atoms with Crippen LogP contribution in [0.4, 0.5) is 10.1 Å². The number of benzene rings is 2. The molecule has 148 valence electrons.